The second kappa shape index (κ2) is 7.07. The van der Waals surface area contributed by atoms with Crippen LogP contribution in [0.5, 0.6) is 0 Å². The van der Waals surface area contributed by atoms with Crippen LogP contribution in [-0.4, -0.2) is 22.9 Å². The van der Waals surface area contributed by atoms with Crippen molar-refractivity contribution >= 4 is 0 Å². The van der Waals surface area contributed by atoms with Gasteiger partial charge in [-0.15, -0.1) is 6.58 Å². The van der Waals surface area contributed by atoms with Gasteiger partial charge in [-0.05, 0) is 31.9 Å². The Morgan fingerprint density at radius 1 is 1.50 bits per heavy atom. The van der Waals surface area contributed by atoms with Crippen molar-refractivity contribution in [3.63, 3.8) is 0 Å². The van der Waals surface area contributed by atoms with E-state index in [0.29, 0.717) is 6.04 Å². The first-order valence-electron chi connectivity index (χ1n) is 8.05. The summed E-state index contributed by atoms with van der Waals surface area (Å²) in [6.45, 7) is 10.5. The Morgan fingerprint density at radius 3 is 2.90 bits per heavy atom. The maximum absolute atomic E-state index is 4.79. The number of aromatic nitrogens is 2. The van der Waals surface area contributed by atoms with E-state index >= 15 is 0 Å². The fourth-order valence-electron chi connectivity index (χ4n) is 3.02. The summed E-state index contributed by atoms with van der Waals surface area (Å²) in [6, 6.07) is 2.82. The molecule has 0 aromatic carbocycles. The van der Waals surface area contributed by atoms with Gasteiger partial charge in [-0.25, -0.2) is 0 Å². The van der Waals surface area contributed by atoms with E-state index in [2.05, 4.69) is 48.8 Å². The van der Waals surface area contributed by atoms with Crippen LogP contribution in [-0.2, 0) is 6.42 Å². The van der Waals surface area contributed by atoms with Crippen molar-refractivity contribution in [2.75, 3.05) is 13.1 Å². The summed E-state index contributed by atoms with van der Waals surface area (Å²) in [6.07, 6.45) is 11.7. The summed E-state index contributed by atoms with van der Waals surface area (Å²) in [5.41, 5.74) is 1.28. The molecule has 2 rings (SSSR count). The van der Waals surface area contributed by atoms with Gasteiger partial charge in [0, 0.05) is 24.6 Å². The number of nitrogens with zero attached hydrogens (tertiary/aromatic N) is 2. The van der Waals surface area contributed by atoms with Crippen molar-refractivity contribution in [1.82, 2.24) is 15.1 Å². The maximum atomic E-state index is 4.79. The average molecular weight is 275 g/mol. The van der Waals surface area contributed by atoms with Crippen LogP contribution in [0.3, 0.4) is 0 Å². The Kier molecular flexibility index (Phi) is 5.41. The highest BCUT2D eigenvalue weighted by Gasteiger charge is 2.23. The van der Waals surface area contributed by atoms with Gasteiger partial charge in [-0.1, -0.05) is 32.8 Å². The van der Waals surface area contributed by atoms with Crippen molar-refractivity contribution in [3.05, 3.63) is 30.6 Å². The lowest BCUT2D eigenvalue weighted by Crippen LogP contribution is -2.32. The molecule has 112 valence electrons. The monoisotopic (exact) mass is 275 g/mol. The predicted molar refractivity (Wildman–Crippen MR) is 84.9 cm³/mol. The lowest BCUT2D eigenvalue weighted by atomic mass is 9.85. The van der Waals surface area contributed by atoms with Gasteiger partial charge in [-0.2, -0.15) is 5.10 Å². The fraction of sp³-hybridized carbons (Fsp3) is 0.706. The van der Waals surface area contributed by atoms with E-state index in [4.69, 9.17) is 5.10 Å². The third-order valence-corrected chi connectivity index (χ3v) is 4.40. The third-order valence-electron chi connectivity index (χ3n) is 4.40. The zero-order valence-electron chi connectivity index (χ0n) is 13.1. The van der Waals surface area contributed by atoms with Crippen molar-refractivity contribution in [2.45, 2.75) is 58.4 Å². The van der Waals surface area contributed by atoms with Crippen molar-refractivity contribution < 1.29 is 0 Å². The Bertz CT molecular complexity index is 418. The standard InChI is InChI=1S/C17H29N3/c1-4-11-18-14-17(3,5-2)13-15-10-12-20(19-15)16-8-6-7-9-16/h5,10,12,16,18H,2,4,6-9,11,13-14H2,1,3H3. The van der Waals surface area contributed by atoms with Gasteiger partial charge in [-0.3, -0.25) is 4.68 Å². The van der Waals surface area contributed by atoms with E-state index in [1.54, 1.807) is 0 Å². The zero-order chi connectivity index (χ0) is 14.4. The first-order valence-corrected chi connectivity index (χ1v) is 8.05. The highest BCUT2D eigenvalue weighted by molar-refractivity contribution is 5.08. The summed E-state index contributed by atoms with van der Waals surface area (Å²) < 4.78 is 2.19. The van der Waals surface area contributed by atoms with E-state index in [1.165, 1.54) is 37.8 Å². The number of hydrogen-bond donors (Lipinski definition) is 1. The van der Waals surface area contributed by atoms with E-state index < -0.39 is 0 Å². The summed E-state index contributed by atoms with van der Waals surface area (Å²) in [7, 11) is 0. The van der Waals surface area contributed by atoms with Crippen LogP contribution in [0.4, 0.5) is 0 Å². The number of hydrogen-bond acceptors (Lipinski definition) is 2. The number of rotatable bonds is 8. The topological polar surface area (TPSA) is 29.9 Å². The first kappa shape index (κ1) is 15.3. The summed E-state index contributed by atoms with van der Waals surface area (Å²) >= 11 is 0. The Balaban J connectivity index is 1.94. The van der Waals surface area contributed by atoms with Gasteiger partial charge in [0.15, 0.2) is 0 Å². The molecule has 1 heterocycles. The summed E-state index contributed by atoms with van der Waals surface area (Å²) in [5.74, 6) is 0. The molecule has 1 aromatic heterocycles. The van der Waals surface area contributed by atoms with Gasteiger partial charge in [0.1, 0.15) is 0 Å². The molecule has 1 N–H and O–H groups in total. The van der Waals surface area contributed by atoms with Gasteiger partial charge in [0.05, 0.1) is 11.7 Å². The van der Waals surface area contributed by atoms with Crippen LogP contribution >= 0.6 is 0 Å². The van der Waals surface area contributed by atoms with Crippen LogP contribution < -0.4 is 5.32 Å². The summed E-state index contributed by atoms with van der Waals surface area (Å²) in [5, 5.41) is 8.30. The van der Waals surface area contributed by atoms with Gasteiger partial charge < -0.3 is 5.32 Å². The molecular weight excluding hydrogens is 246 g/mol. The smallest absolute Gasteiger partial charge is 0.0633 e. The SMILES string of the molecule is C=CC(C)(CNCCC)Cc1ccn(C2CCCC2)n1. The van der Waals surface area contributed by atoms with E-state index in [1.807, 2.05) is 0 Å². The largest absolute Gasteiger partial charge is 0.316 e. The minimum Gasteiger partial charge on any atom is -0.316 e. The van der Waals surface area contributed by atoms with Crippen LogP contribution in [0.1, 0.15) is 57.7 Å². The minimum atomic E-state index is 0.0873. The molecule has 0 radical (unpaired) electrons. The molecule has 1 aliphatic carbocycles. The number of nitrogens with one attached hydrogen (secondary N) is 1. The molecule has 1 aliphatic rings. The second-order valence-corrected chi connectivity index (χ2v) is 6.44. The second-order valence-electron chi connectivity index (χ2n) is 6.44. The van der Waals surface area contributed by atoms with E-state index in [9.17, 15) is 0 Å². The minimum absolute atomic E-state index is 0.0873. The van der Waals surface area contributed by atoms with Crippen LogP contribution in [0.15, 0.2) is 24.9 Å². The molecule has 1 unspecified atom stereocenters. The van der Waals surface area contributed by atoms with Crippen molar-refractivity contribution in [2.24, 2.45) is 5.41 Å². The van der Waals surface area contributed by atoms with Gasteiger partial charge in [0.25, 0.3) is 0 Å². The molecule has 20 heavy (non-hydrogen) atoms. The summed E-state index contributed by atoms with van der Waals surface area (Å²) in [4.78, 5) is 0. The van der Waals surface area contributed by atoms with Crippen molar-refractivity contribution in [1.29, 1.82) is 0 Å². The molecule has 0 spiro atoms. The first-order chi connectivity index (χ1) is 9.67. The molecular formula is C17H29N3. The quantitative estimate of drug-likeness (QED) is 0.578. The van der Waals surface area contributed by atoms with Gasteiger partial charge in [0.2, 0.25) is 0 Å². The molecule has 3 nitrogen and oxygen atoms in total. The Labute approximate surface area is 123 Å². The van der Waals surface area contributed by atoms with Crippen LogP contribution in [0.25, 0.3) is 0 Å². The van der Waals surface area contributed by atoms with E-state index in [-0.39, 0.29) is 5.41 Å². The maximum Gasteiger partial charge on any atom is 0.0633 e. The Hall–Kier alpha value is -1.09. The molecule has 1 aromatic rings. The Morgan fingerprint density at radius 2 is 2.25 bits per heavy atom. The van der Waals surface area contributed by atoms with Crippen LogP contribution in [0.2, 0.25) is 0 Å². The van der Waals surface area contributed by atoms with Gasteiger partial charge >= 0.3 is 0 Å². The molecule has 0 saturated heterocycles. The lowest BCUT2D eigenvalue weighted by molar-refractivity contribution is 0.381. The normalized spacial score (nSPS) is 19.1. The average Bonchev–Trinajstić information content (AvgIpc) is 3.09. The lowest BCUT2D eigenvalue weighted by Gasteiger charge is -2.25. The third kappa shape index (κ3) is 3.95. The molecule has 0 bridgehead atoms. The molecule has 1 fully saturated rings. The highest BCUT2D eigenvalue weighted by Crippen LogP contribution is 2.29. The molecule has 3 heteroatoms. The predicted octanol–water partition coefficient (Wildman–Crippen LogP) is 3.73. The molecule has 0 aliphatic heterocycles. The molecule has 1 atom stereocenters. The zero-order valence-corrected chi connectivity index (χ0v) is 13.1. The fourth-order valence-corrected chi connectivity index (χ4v) is 3.02. The van der Waals surface area contributed by atoms with E-state index in [0.717, 1.165) is 19.5 Å². The van der Waals surface area contributed by atoms with Crippen molar-refractivity contribution in [3.8, 4) is 0 Å². The molecule has 0 amide bonds. The molecule has 1 saturated carbocycles. The van der Waals surface area contributed by atoms with Crippen LogP contribution in [0, 0.1) is 5.41 Å². The highest BCUT2D eigenvalue weighted by atomic mass is 15.3.